The standard InChI is InChI=1S/C16H20O2/c1-3-9-16(10-4-2)14-12-7-5-11(6-8-12)13(14)15(17)18-16/h3-5,7,11-14H,1-2,6,8-10H2/t11-,12+,13-,14+/m1/s1. The van der Waals surface area contributed by atoms with E-state index in [0.29, 0.717) is 17.8 Å². The van der Waals surface area contributed by atoms with Crippen molar-refractivity contribution in [3.63, 3.8) is 0 Å². The average Bonchev–Trinajstić information content (AvgIpc) is 2.68. The Kier molecular flexibility index (Phi) is 2.69. The molecule has 18 heavy (non-hydrogen) atoms. The molecular weight excluding hydrogens is 224 g/mol. The first kappa shape index (κ1) is 11.8. The van der Waals surface area contributed by atoms with Gasteiger partial charge in [-0.2, -0.15) is 0 Å². The molecule has 0 radical (unpaired) electrons. The second kappa shape index (κ2) is 4.11. The van der Waals surface area contributed by atoms with Crippen LogP contribution in [-0.2, 0) is 9.53 Å². The van der Waals surface area contributed by atoms with Crippen molar-refractivity contribution in [2.45, 2.75) is 31.3 Å². The van der Waals surface area contributed by atoms with Gasteiger partial charge < -0.3 is 4.74 Å². The van der Waals surface area contributed by atoms with Gasteiger partial charge in [-0.25, -0.2) is 0 Å². The van der Waals surface area contributed by atoms with E-state index < -0.39 is 0 Å². The molecule has 4 aliphatic rings. The molecular formula is C16H20O2. The number of rotatable bonds is 4. The summed E-state index contributed by atoms with van der Waals surface area (Å²) in [7, 11) is 0. The van der Waals surface area contributed by atoms with Crippen LogP contribution in [0.3, 0.4) is 0 Å². The number of cyclic esters (lactones) is 1. The third-order valence-corrected chi connectivity index (χ3v) is 4.91. The summed E-state index contributed by atoms with van der Waals surface area (Å²) in [6.45, 7) is 7.67. The van der Waals surface area contributed by atoms with E-state index in [1.165, 1.54) is 6.42 Å². The number of esters is 1. The Labute approximate surface area is 108 Å². The molecule has 0 aromatic rings. The van der Waals surface area contributed by atoms with E-state index in [4.69, 9.17) is 4.74 Å². The highest BCUT2D eigenvalue weighted by atomic mass is 16.6. The third-order valence-electron chi connectivity index (χ3n) is 4.91. The Balaban J connectivity index is 2.02. The number of carbonyl (C=O) groups is 1. The van der Waals surface area contributed by atoms with Crippen LogP contribution in [0.5, 0.6) is 0 Å². The number of fused-ring (bicyclic) bond motifs is 1. The van der Waals surface area contributed by atoms with Crippen molar-refractivity contribution in [3.05, 3.63) is 37.5 Å². The molecule has 2 nitrogen and oxygen atoms in total. The fourth-order valence-corrected chi connectivity index (χ4v) is 4.30. The summed E-state index contributed by atoms with van der Waals surface area (Å²) >= 11 is 0. The summed E-state index contributed by atoms with van der Waals surface area (Å²) in [5, 5.41) is 0. The van der Waals surface area contributed by atoms with E-state index in [0.717, 1.165) is 19.3 Å². The largest absolute Gasteiger partial charge is 0.458 e. The minimum atomic E-state index is -0.376. The van der Waals surface area contributed by atoms with Crippen LogP contribution in [-0.4, -0.2) is 11.6 Å². The SMILES string of the molecule is C=CCC1(CC=C)OC(=O)[C@H]2[C@@H]1[C@H]1C=C[C@@H]2CC1. The topological polar surface area (TPSA) is 26.3 Å². The summed E-state index contributed by atoms with van der Waals surface area (Å²) < 4.78 is 5.84. The normalized spacial score (nSPS) is 39.2. The van der Waals surface area contributed by atoms with Crippen LogP contribution in [0.25, 0.3) is 0 Å². The van der Waals surface area contributed by atoms with Crippen LogP contribution in [0.15, 0.2) is 37.5 Å². The van der Waals surface area contributed by atoms with Crippen LogP contribution in [0, 0.1) is 23.7 Å². The summed E-state index contributed by atoms with van der Waals surface area (Å²) in [4.78, 5) is 12.2. The van der Waals surface area contributed by atoms with Crippen LogP contribution in [0.4, 0.5) is 0 Å². The second-order valence-electron chi connectivity index (χ2n) is 5.81. The summed E-state index contributed by atoms with van der Waals surface area (Å²) in [5.41, 5.74) is -0.376. The monoisotopic (exact) mass is 244 g/mol. The maximum Gasteiger partial charge on any atom is 0.310 e. The highest BCUT2D eigenvalue weighted by Gasteiger charge is 2.61. The molecule has 0 unspecified atom stereocenters. The second-order valence-corrected chi connectivity index (χ2v) is 5.81. The predicted molar refractivity (Wildman–Crippen MR) is 70.8 cm³/mol. The van der Waals surface area contributed by atoms with Crippen LogP contribution in [0.2, 0.25) is 0 Å². The molecule has 2 bridgehead atoms. The summed E-state index contributed by atoms with van der Waals surface area (Å²) in [5.74, 6) is 1.29. The van der Waals surface area contributed by atoms with Gasteiger partial charge in [-0.05, 0) is 24.7 Å². The van der Waals surface area contributed by atoms with Gasteiger partial charge in [0.1, 0.15) is 5.60 Å². The number of allylic oxidation sites excluding steroid dienone is 2. The Bertz CT molecular complexity index is 411. The molecule has 0 aromatic carbocycles. The molecule has 1 heterocycles. The lowest BCUT2D eigenvalue weighted by Gasteiger charge is -2.44. The van der Waals surface area contributed by atoms with Crippen molar-refractivity contribution in [3.8, 4) is 0 Å². The molecule has 1 saturated carbocycles. The average molecular weight is 244 g/mol. The fourth-order valence-electron chi connectivity index (χ4n) is 4.30. The third kappa shape index (κ3) is 1.44. The Morgan fingerprint density at radius 1 is 1.22 bits per heavy atom. The highest BCUT2D eigenvalue weighted by Crippen LogP contribution is 2.57. The van der Waals surface area contributed by atoms with Crippen LogP contribution >= 0.6 is 0 Å². The van der Waals surface area contributed by atoms with Crippen molar-refractivity contribution in [1.29, 1.82) is 0 Å². The number of carbonyl (C=O) groups excluding carboxylic acids is 1. The lowest BCUT2D eigenvalue weighted by molar-refractivity contribution is -0.151. The molecule has 0 N–H and O–H groups in total. The van der Waals surface area contributed by atoms with Crippen molar-refractivity contribution in [2.24, 2.45) is 23.7 Å². The van der Waals surface area contributed by atoms with E-state index in [1.54, 1.807) is 0 Å². The Morgan fingerprint density at radius 3 is 2.39 bits per heavy atom. The molecule has 1 aliphatic heterocycles. The number of ether oxygens (including phenoxy) is 1. The van der Waals surface area contributed by atoms with Crippen LogP contribution in [0.1, 0.15) is 25.7 Å². The quantitative estimate of drug-likeness (QED) is 0.560. The smallest absolute Gasteiger partial charge is 0.310 e. The molecule has 0 amide bonds. The molecule has 4 atom stereocenters. The molecule has 0 aromatic heterocycles. The first-order chi connectivity index (χ1) is 8.72. The van der Waals surface area contributed by atoms with Gasteiger partial charge in [-0.1, -0.05) is 24.3 Å². The van der Waals surface area contributed by atoms with Gasteiger partial charge in [0.05, 0.1) is 5.92 Å². The van der Waals surface area contributed by atoms with Gasteiger partial charge in [0, 0.05) is 18.8 Å². The van der Waals surface area contributed by atoms with E-state index in [2.05, 4.69) is 25.3 Å². The molecule has 4 rings (SSSR count). The maximum absolute atomic E-state index is 12.2. The van der Waals surface area contributed by atoms with Crippen molar-refractivity contribution in [1.82, 2.24) is 0 Å². The van der Waals surface area contributed by atoms with E-state index in [9.17, 15) is 4.79 Å². The number of hydrogen-bond donors (Lipinski definition) is 0. The molecule has 0 spiro atoms. The van der Waals surface area contributed by atoms with E-state index in [1.807, 2.05) is 12.2 Å². The minimum Gasteiger partial charge on any atom is -0.458 e. The molecule has 1 saturated heterocycles. The van der Waals surface area contributed by atoms with Crippen molar-refractivity contribution >= 4 is 5.97 Å². The van der Waals surface area contributed by atoms with E-state index in [-0.39, 0.29) is 17.5 Å². The summed E-state index contributed by atoms with van der Waals surface area (Å²) in [6.07, 6.45) is 12.1. The van der Waals surface area contributed by atoms with Gasteiger partial charge in [0.25, 0.3) is 0 Å². The van der Waals surface area contributed by atoms with Gasteiger partial charge in [-0.3, -0.25) is 4.79 Å². The zero-order valence-corrected chi connectivity index (χ0v) is 10.7. The Hall–Kier alpha value is -1.31. The van der Waals surface area contributed by atoms with E-state index >= 15 is 0 Å². The molecule has 3 aliphatic carbocycles. The molecule has 2 fully saturated rings. The zero-order chi connectivity index (χ0) is 12.8. The fraction of sp³-hybridized carbons (Fsp3) is 0.562. The molecule has 96 valence electrons. The van der Waals surface area contributed by atoms with Crippen LogP contribution < -0.4 is 0 Å². The van der Waals surface area contributed by atoms with Gasteiger partial charge in [-0.15, -0.1) is 13.2 Å². The lowest BCUT2D eigenvalue weighted by Crippen LogP contribution is -2.46. The van der Waals surface area contributed by atoms with Crippen molar-refractivity contribution in [2.75, 3.05) is 0 Å². The van der Waals surface area contributed by atoms with Crippen molar-refractivity contribution < 1.29 is 9.53 Å². The number of hydrogen-bond acceptors (Lipinski definition) is 2. The van der Waals surface area contributed by atoms with Gasteiger partial charge >= 0.3 is 5.97 Å². The van der Waals surface area contributed by atoms with Gasteiger partial charge in [0.15, 0.2) is 0 Å². The first-order valence-electron chi connectivity index (χ1n) is 6.85. The zero-order valence-electron chi connectivity index (χ0n) is 10.7. The summed E-state index contributed by atoms with van der Waals surface area (Å²) in [6, 6.07) is 0. The lowest BCUT2D eigenvalue weighted by atomic mass is 9.57. The minimum absolute atomic E-state index is 0.00255. The first-order valence-corrected chi connectivity index (χ1v) is 6.85. The van der Waals surface area contributed by atoms with Gasteiger partial charge in [0.2, 0.25) is 0 Å². The predicted octanol–water partition coefficient (Wildman–Crippen LogP) is 3.26. The highest BCUT2D eigenvalue weighted by molar-refractivity contribution is 5.77. The maximum atomic E-state index is 12.2. The Morgan fingerprint density at radius 2 is 1.83 bits per heavy atom. The molecule has 2 heteroatoms.